The Morgan fingerprint density at radius 2 is 2.06 bits per heavy atom. The normalized spacial score (nSPS) is 15.0. The summed E-state index contributed by atoms with van der Waals surface area (Å²) in [5.41, 5.74) is 0.559. The van der Waals surface area contributed by atoms with Crippen LogP contribution in [0.2, 0.25) is 0 Å². The van der Waals surface area contributed by atoms with Crippen LogP contribution in [-0.4, -0.2) is 28.9 Å². The van der Waals surface area contributed by atoms with Crippen LogP contribution in [0.4, 0.5) is 0 Å². The number of rotatable bonds is 1. The van der Waals surface area contributed by atoms with Gasteiger partial charge in [-0.05, 0) is 17.9 Å². The molecule has 18 heavy (non-hydrogen) atoms. The highest BCUT2D eigenvalue weighted by atomic mass is 16.2. The van der Waals surface area contributed by atoms with Crippen molar-refractivity contribution in [1.29, 1.82) is 0 Å². The van der Waals surface area contributed by atoms with E-state index in [1.165, 1.54) is 0 Å². The molecule has 1 aliphatic rings. The molecule has 1 aromatic heterocycles. The Hall–Kier alpha value is -2.16. The summed E-state index contributed by atoms with van der Waals surface area (Å²) in [7, 11) is 0. The minimum absolute atomic E-state index is 0.0242. The summed E-state index contributed by atoms with van der Waals surface area (Å²) >= 11 is 0. The van der Waals surface area contributed by atoms with Gasteiger partial charge in [0, 0.05) is 24.7 Å². The van der Waals surface area contributed by atoms with Gasteiger partial charge in [0.1, 0.15) is 5.69 Å². The molecule has 1 aliphatic heterocycles. The molecule has 0 spiro atoms. The summed E-state index contributed by atoms with van der Waals surface area (Å²) in [6.07, 6.45) is 6.78. The van der Waals surface area contributed by atoms with Gasteiger partial charge < -0.3 is 4.90 Å². The van der Waals surface area contributed by atoms with Crippen molar-refractivity contribution in [2.24, 2.45) is 0 Å². The van der Waals surface area contributed by atoms with E-state index in [2.05, 4.69) is 11.1 Å². The van der Waals surface area contributed by atoms with Crippen LogP contribution < -0.4 is 0 Å². The van der Waals surface area contributed by atoms with Gasteiger partial charge in [-0.15, -0.1) is 0 Å². The lowest BCUT2D eigenvalue weighted by Crippen LogP contribution is -2.34. The summed E-state index contributed by atoms with van der Waals surface area (Å²) in [6.45, 7) is 1.46. The number of nitrogens with zero attached hydrogens (tertiary/aromatic N) is 2. The Bertz CT molecular complexity index is 613. The van der Waals surface area contributed by atoms with Crippen LogP contribution in [-0.2, 0) is 0 Å². The van der Waals surface area contributed by atoms with E-state index in [0.29, 0.717) is 12.2 Å². The smallest absolute Gasteiger partial charge is 0.273 e. The van der Waals surface area contributed by atoms with Crippen molar-refractivity contribution >= 4 is 16.7 Å². The molecule has 1 amide bonds. The van der Waals surface area contributed by atoms with E-state index < -0.39 is 0 Å². The lowest BCUT2D eigenvalue weighted by atomic mass is 10.1. The van der Waals surface area contributed by atoms with Crippen LogP contribution >= 0.6 is 0 Å². The molecule has 0 aliphatic carbocycles. The molecule has 0 saturated carbocycles. The van der Waals surface area contributed by atoms with E-state index >= 15 is 0 Å². The first-order valence-electron chi connectivity index (χ1n) is 6.14. The average molecular weight is 238 g/mol. The first-order valence-corrected chi connectivity index (χ1v) is 6.14. The Kier molecular flexibility index (Phi) is 2.81. The summed E-state index contributed by atoms with van der Waals surface area (Å²) < 4.78 is 0. The second-order valence-corrected chi connectivity index (χ2v) is 4.39. The topological polar surface area (TPSA) is 33.2 Å². The highest BCUT2D eigenvalue weighted by molar-refractivity contribution is 6.05. The maximum absolute atomic E-state index is 12.4. The van der Waals surface area contributed by atoms with Gasteiger partial charge in [0.15, 0.2) is 0 Å². The lowest BCUT2D eigenvalue weighted by molar-refractivity contribution is 0.0767. The highest BCUT2D eigenvalue weighted by Gasteiger charge is 2.19. The van der Waals surface area contributed by atoms with Gasteiger partial charge in [0.2, 0.25) is 0 Å². The zero-order chi connectivity index (χ0) is 12.4. The van der Waals surface area contributed by atoms with Crippen LogP contribution in [0, 0.1) is 0 Å². The summed E-state index contributed by atoms with van der Waals surface area (Å²) in [5.74, 6) is 0.0242. The standard InChI is InChI=1S/C15H14N2O/c18-15(17-10-4-1-5-11-17)14-13-7-3-2-6-12(13)8-9-16-14/h1-4,6-9H,5,10-11H2. The maximum atomic E-state index is 12.4. The molecule has 0 fully saturated rings. The molecular weight excluding hydrogens is 224 g/mol. The van der Waals surface area contributed by atoms with Crippen LogP contribution in [0.25, 0.3) is 10.8 Å². The number of hydrogen-bond donors (Lipinski definition) is 0. The quantitative estimate of drug-likeness (QED) is 0.715. The number of aromatic nitrogens is 1. The highest BCUT2D eigenvalue weighted by Crippen LogP contribution is 2.18. The van der Waals surface area contributed by atoms with Gasteiger partial charge in [0.05, 0.1) is 0 Å². The Morgan fingerprint density at radius 1 is 1.17 bits per heavy atom. The number of carbonyl (C=O) groups excluding carboxylic acids is 1. The minimum atomic E-state index is 0.0242. The van der Waals surface area contributed by atoms with Crippen LogP contribution in [0.15, 0.2) is 48.7 Å². The maximum Gasteiger partial charge on any atom is 0.273 e. The van der Waals surface area contributed by atoms with E-state index in [4.69, 9.17) is 0 Å². The molecule has 0 unspecified atom stereocenters. The number of pyridine rings is 1. The fourth-order valence-electron chi connectivity index (χ4n) is 2.27. The zero-order valence-electron chi connectivity index (χ0n) is 10.0. The number of benzene rings is 1. The Balaban J connectivity index is 2.03. The third kappa shape index (κ3) is 1.88. The predicted molar refractivity (Wildman–Crippen MR) is 71.4 cm³/mol. The number of carbonyl (C=O) groups is 1. The second-order valence-electron chi connectivity index (χ2n) is 4.39. The van der Waals surface area contributed by atoms with Gasteiger partial charge in [-0.1, -0.05) is 36.4 Å². The molecule has 2 aromatic rings. The van der Waals surface area contributed by atoms with Gasteiger partial charge >= 0.3 is 0 Å². The van der Waals surface area contributed by atoms with E-state index in [-0.39, 0.29) is 5.91 Å². The van der Waals surface area contributed by atoms with E-state index in [1.807, 2.05) is 41.3 Å². The lowest BCUT2D eigenvalue weighted by Gasteiger charge is -2.23. The fraction of sp³-hybridized carbons (Fsp3) is 0.200. The molecule has 1 aromatic carbocycles. The van der Waals surface area contributed by atoms with Gasteiger partial charge in [-0.2, -0.15) is 0 Å². The van der Waals surface area contributed by atoms with Crippen molar-refractivity contribution in [1.82, 2.24) is 9.88 Å². The zero-order valence-corrected chi connectivity index (χ0v) is 10.0. The van der Waals surface area contributed by atoms with Crippen molar-refractivity contribution in [3.05, 3.63) is 54.4 Å². The molecule has 90 valence electrons. The summed E-state index contributed by atoms with van der Waals surface area (Å²) in [4.78, 5) is 18.6. The van der Waals surface area contributed by atoms with E-state index in [1.54, 1.807) is 6.20 Å². The number of hydrogen-bond acceptors (Lipinski definition) is 2. The fourth-order valence-corrected chi connectivity index (χ4v) is 2.27. The molecule has 3 rings (SSSR count). The molecule has 3 nitrogen and oxygen atoms in total. The third-order valence-corrected chi connectivity index (χ3v) is 3.22. The van der Waals surface area contributed by atoms with Crippen molar-refractivity contribution in [2.45, 2.75) is 6.42 Å². The SMILES string of the molecule is O=C(c1nccc2ccccc12)N1CC=CCC1. The first-order chi connectivity index (χ1) is 8.86. The first kappa shape index (κ1) is 11.0. The van der Waals surface area contributed by atoms with Crippen molar-refractivity contribution in [3.63, 3.8) is 0 Å². The summed E-state index contributed by atoms with van der Waals surface area (Å²) in [6, 6.07) is 9.80. The second kappa shape index (κ2) is 4.61. The number of fused-ring (bicyclic) bond motifs is 1. The monoisotopic (exact) mass is 238 g/mol. The predicted octanol–water partition coefficient (Wildman–Crippen LogP) is 2.64. The molecule has 0 radical (unpaired) electrons. The molecule has 0 saturated heterocycles. The van der Waals surface area contributed by atoms with Gasteiger partial charge in [-0.25, -0.2) is 0 Å². The average Bonchev–Trinajstić information content (AvgIpc) is 2.47. The van der Waals surface area contributed by atoms with E-state index in [0.717, 1.165) is 23.7 Å². The Labute approximate surface area is 106 Å². The van der Waals surface area contributed by atoms with Crippen LogP contribution in [0.5, 0.6) is 0 Å². The van der Waals surface area contributed by atoms with Crippen molar-refractivity contribution in [3.8, 4) is 0 Å². The van der Waals surface area contributed by atoms with Gasteiger partial charge in [0.25, 0.3) is 5.91 Å². The Morgan fingerprint density at radius 3 is 2.89 bits per heavy atom. The van der Waals surface area contributed by atoms with Crippen LogP contribution in [0.1, 0.15) is 16.9 Å². The third-order valence-electron chi connectivity index (χ3n) is 3.22. The van der Waals surface area contributed by atoms with E-state index in [9.17, 15) is 4.79 Å². The summed E-state index contributed by atoms with van der Waals surface area (Å²) in [5, 5.41) is 1.99. The van der Waals surface area contributed by atoms with Crippen molar-refractivity contribution < 1.29 is 4.79 Å². The van der Waals surface area contributed by atoms with Crippen LogP contribution in [0.3, 0.4) is 0 Å². The number of amides is 1. The molecule has 0 atom stereocenters. The molecule has 3 heteroatoms. The molecule has 0 bridgehead atoms. The minimum Gasteiger partial charge on any atom is -0.333 e. The molecule has 2 heterocycles. The molecular formula is C15H14N2O. The largest absolute Gasteiger partial charge is 0.333 e. The molecule has 0 N–H and O–H groups in total. The van der Waals surface area contributed by atoms with Gasteiger partial charge in [-0.3, -0.25) is 9.78 Å². The van der Waals surface area contributed by atoms with Crippen molar-refractivity contribution in [2.75, 3.05) is 13.1 Å².